The molecule has 13 heteroatoms. The zero-order valence-corrected chi connectivity index (χ0v) is 28.7. The van der Waals surface area contributed by atoms with E-state index in [0.717, 1.165) is 36.6 Å². The van der Waals surface area contributed by atoms with Gasteiger partial charge in [-0.2, -0.15) is 0 Å². The molecule has 1 aliphatic rings. The van der Waals surface area contributed by atoms with Crippen molar-refractivity contribution in [3.05, 3.63) is 65.0 Å². The molecular formula is C36H47N5O7S. The van der Waals surface area contributed by atoms with Gasteiger partial charge in [0.15, 0.2) is 5.16 Å². The molecule has 4 N–H and O–H groups in total. The number of nitrogens with two attached hydrogens (primary N) is 1. The smallest absolute Gasteiger partial charge is 0.283 e. The average molecular weight is 694 g/mol. The first-order chi connectivity index (χ1) is 24.0. The molecule has 0 spiro atoms. The normalized spacial score (nSPS) is 16.3. The molecular weight excluding hydrogens is 646 g/mol. The van der Waals surface area contributed by atoms with Gasteiger partial charge in [-0.15, -0.1) is 0 Å². The molecule has 12 nitrogen and oxygen atoms in total. The fourth-order valence-corrected chi connectivity index (χ4v) is 6.87. The highest BCUT2D eigenvalue weighted by Crippen LogP contribution is 2.30. The van der Waals surface area contributed by atoms with E-state index in [-0.39, 0.29) is 35.0 Å². The highest BCUT2D eigenvalue weighted by Gasteiger charge is 2.25. The van der Waals surface area contributed by atoms with E-state index >= 15 is 0 Å². The van der Waals surface area contributed by atoms with Gasteiger partial charge in [0, 0.05) is 36.3 Å². The summed E-state index contributed by atoms with van der Waals surface area (Å²) in [6, 6.07) is 17.2. The SMILES string of the molecule is NCCOCCOCCOCCOCCC(=O)NC1CCC(CC(=O)CSc2nc3c([nH]c4ccccc43)c(=O)n2-c2ccccc2)CC1. The number of aromatic nitrogens is 3. The molecule has 0 atom stereocenters. The van der Waals surface area contributed by atoms with Crippen molar-refractivity contribution in [1.29, 1.82) is 0 Å². The largest absolute Gasteiger partial charge is 0.379 e. The first-order valence-electron chi connectivity index (χ1n) is 17.1. The van der Waals surface area contributed by atoms with Crippen LogP contribution in [0.5, 0.6) is 0 Å². The van der Waals surface area contributed by atoms with E-state index in [9.17, 15) is 14.4 Å². The number of fused-ring (bicyclic) bond motifs is 3. The molecule has 1 amide bonds. The zero-order valence-electron chi connectivity index (χ0n) is 27.9. The summed E-state index contributed by atoms with van der Waals surface area (Å²) in [6.07, 6.45) is 4.23. The summed E-state index contributed by atoms with van der Waals surface area (Å²) in [5, 5.41) is 4.49. The molecule has 2 heterocycles. The summed E-state index contributed by atoms with van der Waals surface area (Å²) in [5.74, 6) is 0.617. The zero-order chi connectivity index (χ0) is 34.3. The van der Waals surface area contributed by atoms with Gasteiger partial charge in [-0.1, -0.05) is 48.2 Å². The Morgan fingerprint density at radius 1 is 0.857 bits per heavy atom. The van der Waals surface area contributed by atoms with Gasteiger partial charge in [-0.25, -0.2) is 4.98 Å². The van der Waals surface area contributed by atoms with Gasteiger partial charge < -0.3 is 35.0 Å². The predicted molar refractivity (Wildman–Crippen MR) is 190 cm³/mol. The highest BCUT2D eigenvalue weighted by atomic mass is 32.2. The Hall–Kier alpha value is -3.59. The van der Waals surface area contributed by atoms with Crippen molar-refractivity contribution in [3.8, 4) is 5.69 Å². The highest BCUT2D eigenvalue weighted by molar-refractivity contribution is 7.99. The maximum absolute atomic E-state index is 13.7. The summed E-state index contributed by atoms with van der Waals surface area (Å²) >= 11 is 1.31. The average Bonchev–Trinajstić information content (AvgIpc) is 3.49. The number of carbonyl (C=O) groups excluding carboxylic acids is 2. The second kappa shape index (κ2) is 19.6. The van der Waals surface area contributed by atoms with Crippen LogP contribution < -0.4 is 16.6 Å². The number of nitrogens with zero attached hydrogens (tertiary/aromatic N) is 2. The Morgan fingerprint density at radius 3 is 2.18 bits per heavy atom. The molecule has 0 saturated heterocycles. The number of aromatic amines is 1. The van der Waals surface area contributed by atoms with Crippen LogP contribution in [0.25, 0.3) is 27.6 Å². The lowest BCUT2D eigenvalue weighted by Crippen LogP contribution is -2.38. The minimum atomic E-state index is -0.193. The Morgan fingerprint density at radius 2 is 1.49 bits per heavy atom. The fourth-order valence-electron chi connectivity index (χ4n) is 5.99. The van der Waals surface area contributed by atoms with Crippen LogP contribution in [0.2, 0.25) is 0 Å². The van der Waals surface area contributed by atoms with Gasteiger partial charge in [-0.3, -0.25) is 19.0 Å². The van der Waals surface area contributed by atoms with Gasteiger partial charge in [0.1, 0.15) is 16.8 Å². The topological polar surface area (TPSA) is 160 Å². The Kier molecular flexibility index (Phi) is 14.6. The van der Waals surface area contributed by atoms with Crippen LogP contribution in [-0.4, -0.2) is 97.4 Å². The Labute approximate surface area is 290 Å². The number of nitrogens with one attached hydrogen (secondary N) is 2. The lowest BCUT2D eigenvalue weighted by Gasteiger charge is -2.28. The van der Waals surface area contributed by atoms with Crippen LogP contribution in [0, 0.1) is 5.92 Å². The third kappa shape index (κ3) is 10.9. The second-order valence-corrected chi connectivity index (χ2v) is 13.0. The minimum Gasteiger partial charge on any atom is -0.379 e. The number of hydrogen-bond donors (Lipinski definition) is 3. The molecule has 4 aromatic rings. The molecule has 2 aromatic carbocycles. The third-order valence-corrected chi connectivity index (χ3v) is 9.45. The lowest BCUT2D eigenvalue weighted by atomic mass is 9.83. The van der Waals surface area contributed by atoms with Crippen molar-refractivity contribution in [1.82, 2.24) is 19.9 Å². The van der Waals surface area contributed by atoms with E-state index in [0.29, 0.717) is 94.1 Å². The van der Waals surface area contributed by atoms with Crippen LogP contribution in [0.3, 0.4) is 0 Å². The van der Waals surface area contributed by atoms with E-state index in [4.69, 9.17) is 29.7 Å². The second-order valence-electron chi connectivity index (χ2n) is 12.1. The molecule has 1 saturated carbocycles. The molecule has 1 aliphatic carbocycles. The van der Waals surface area contributed by atoms with Gasteiger partial charge in [0.25, 0.3) is 5.56 Å². The van der Waals surface area contributed by atoms with E-state index in [2.05, 4.69) is 10.3 Å². The van der Waals surface area contributed by atoms with E-state index in [1.807, 2.05) is 54.6 Å². The van der Waals surface area contributed by atoms with Crippen LogP contribution >= 0.6 is 11.8 Å². The number of amides is 1. The summed E-state index contributed by atoms with van der Waals surface area (Å²) in [5.41, 5.74) is 7.77. The van der Waals surface area contributed by atoms with E-state index in [1.54, 1.807) is 4.57 Å². The Balaban J connectivity index is 0.997. The van der Waals surface area contributed by atoms with Crippen molar-refractivity contribution in [2.45, 2.75) is 49.7 Å². The maximum atomic E-state index is 13.7. The minimum absolute atomic E-state index is 0.0220. The summed E-state index contributed by atoms with van der Waals surface area (Å²) in [7, 11) is 0. The summed E-state index contributed by atoms with van der Waals surface area (Å²) in [4.78, 5) is 47.4. The quantitative estimate of drug-likeness (QED) is 0.0661. The van der Waals surface area contributed by atoms with Gasteiger partial charge in [0.2, 0.25) is 5.91 Å². The maximum Gasteiger partial charge on any atom is 0.283 e. The number of ketones is 1. The van der Waals surface area contributed by atoms with Gasteiger partial charge >= 0.3 is 0 Å². The number of rotatable bonds is 21. The fraction of sp³-hybridized carbons (Fsp3) is 0.500. The van der Waals surface area contributed by atoms with Crippen LogP contribution in [0.15, 0.2) is 64.5 Å². The monoisotopic (exact) mass is 693 g/mol. The van der Waals surface area contributed by atoms with Crippen LogP contribution in [0.1, 0.15) is 38.5 Å². The molecule has 49 heavy (non-hydrogen) atoms. The molecule has 264 valence electrons. The lowest BCUT2D eigenvalue weighted by molar-refractivity contribution is -0.123. The molecule has 0 bridgehead atoms. The van der Waals surface area contributed by atoms with Gasteiger partial charge in [-0.05, 0) is 49.8 Å². The van der Waals surface area contributed by atoms with E-state index < -0.39 is 0 Å². The number of para-hydroxylation sites is 2. The number of ether oxygens (including phenoxy) is 4. The number of H-pyrrole nitrogens is 1. The molecule has 0 unspecified atom stereocenters. The molecule has 0 radical (unpaired) electrons. The molecule has 0 aliphatic heterocycles. The number of benzene rings is 2. The first kappa shape index (κ1) is 36.7. The van der Waals surface area contributed by atoms with Crippen molar-refractivity contribution in [2.24, 2.45) is 11.7 Å². The summed E-state index contributed by atoms with van der Waals surface area (Å²) < 4.78 is 23.2. The number of carbonyl (C=O) groups is 2. The third-order valence-electron chi connectivity index (χ3n) is 8.45. The molecule has 2 aromatic heterocycles. The number of Topliss-reactive ketones (excluding diaryl/α,β-unsaturated/α-hetero) is 1. The van der Waals surface area contributed by atoms with Gasteiger partial charge in [0.05, 0.1) is 64.3 Å². The predicted octanol–water partition coefficient (Wildman–Crippen LogP) is 4.01. The Bertz CT molecular complexity index is 1690. The number of thioether (sulfide) groups is 1. The van der Waals surface area contributed by atoms with Crippen molar-refractivity contribution >= 4 is 45.4 Å². The number of hydrogen-bond acceptors (Lipinski definition) is 10. The molecule has 1 fully saturated rings. The van der Waals surface area contributed by atoms with Crippen LogP contribution in [-0.2, 0) is 28.5 Å². The van der Waals surface area contributed by atoms with E-state index in [1.165, 1.54) is 11.8 Å². The molecule has 5 rings (SSSR count). The van der Waals surface area contributed by atoms with Crippen LogP contribution in [0.4, 0.5) is 0 Å². The van der Waals surface area contributed by atoms with Crippen molar-refractivity contribution in [3.63, 3.8) is 0 Å². The first-order valence-corrected chi connectivity index (χ1v) is 18.1. The standard InChI is InChI=1S/C36H47N5O7S/c37-15-17-46-19-21-48-23-22-47-20-18-45-16-14-32(43)38-27-12-10-26(11-13-27)24-29(42)25-49-36-40-33-30-8-4-5-9-31(30)39-34(33)35(44)41(36)28-6-2-1-3-7-28/h1-9,26-27,39H,10-25,37H2,(H,38,43). The van der Waals surface area contributed by atoms with Crippen molar-refractivity contribution < 1.29 is 28.5 Å². The summed E-state index contributed by atoms with van der Waals surface area (Å²) in [6.45, 7) is 4.24. The van der Waals surface area contributed by atoms with Crippen molar-refractivity contribution in [2.75, 3.05) is 65.2 Å².